The van der Waals surface area contributed by atoms with Gasteiger partial charge >= 0.3 is 0 Å². The van der Waals surface area contributed by atoms with Crippen LogP contribution in [0.1, 0.15) is 277 Å². The topological polar surface area (TPSA) is 228 Å². The highest BCUT2D eigenvalue weighted by molar-refractivity contribution is 5.76. The number of ether oxygens (including phenoxy) is 4. The molecule has 0 radical (unpaired) electrons. The molecule has 0 saturated carbocycles. The van der Waals surface area contributed by atoms with Crippen molar-refractivity contribution in [1.82, 2.24) is 5.32 Å². The number of carbonyl (C=O) groups excluding carboxylic acids is 1. The molecule has 0 aromatic rings. The molecular formula is C83H139NO13. The van der Waals surface area contributed by atoms with Crippen molar-refractivity contribution in [2.75, 3.05) is 19.8 Å². The van der Waals surface area contributed by atoms with Crippen LogP contribution >= 0.6 is 0 Å². The van der Waals surface area contributed by atoms with Gasteiger partial charge in [-0.3, -0.25) is 4.79 Å². The van der Waals surface area contributed by atoms with Crippen LogP contribution in [0.4, 0.5) is 0 Å². The summed E-state index contributed by atoms with van der Waals surface area (Å²) >= 11 is 0. The van der Waals surface area contributed by atoms with Crippen LogP contribution in [0.2, 0.25) is 0 Å². The molecule has 2 saturated heterocycles. The number of nitrogens with one attached hydrogen (secondary N) is 1. The van der Waals surface area contributed by atoms with Gasteiger partial charge in [0.2, 0.25) is 5.91 Å². The van der Waals surface area contributed by atoms with Gasteiger partial charge < -0.3 is 65.1 Å². The predicted octanol–water partition coefficient (Wildman–Crippen LogP) is 17.2. The van der Waals surface area contributed by atoms with Crippen LogP contribution in [-0.4, -0.2) is 140 Å². The Morgan fingerprint density at radius 1 is 0.381 bits per heavy atom. The highest BCUT2D eigenvalue weighted by Crippen LogP contribution is 2.30. The number of hydrogen-bond donors (Lipinski definition) is 9. The lowest BCUT2D eigenvalue weighted by molar-refractivity contribution is -0.359. The van der Waals surface area contributed by atoms with E-state index in [-0.39, 0.29) is 18.9 Å². The van der Waals surface area contributed by atoms with Crippen LogP contribution in [0.5, 0.6) is 0 Å². The van der Waals surface area contributed by atoms with Crippen LogP contribution in [-0.2, 0) is 23.7 Å². The molecule has 2 aliphatic heterocycles. The van der Waals surface area contributed by atoms with Gasteiger partial charge in [0, 0.05) is 6.42 Å². The molecule has 2 heterocycles. The fraction of sp³-hybridized carbons (Fsp3) is 0.699. The summed E-state index contributed by atoms with van der Waals surface area (Å²) in [7, 11) is 0. The number of allylic oxidation sites excluding steroid dienone is 23. The van der Waals surface area contributed by atoms with Crippen LogP contribution < -0.4 is 5.32 Å². The van der Waals surface area contributed by atoms with Crippen LogP contribution in [0.25, 0.3) is 0 Å². The van der Waals surface area contributed by atoms with E-state index in [1.54, 1.807) is 6.08 Å². The lowest BCUT2D eigenvalue weighted by Gasteiger charge is -2.46. The van der Waals surface area contributed by atoms with E-state index in [2.05, 4.69) is 153 Å². The second kappa shape index (κ2) is 65.2. The lowest BCUT2D eigenvalue weighted by Crippen LogP contribution is -2.65. The predicted molar refractivity (Wildman–Crippen MR) is 401 cm³/mol. The van der Waals surface area contributed by atoms with Gasteiger partial charge in [-0.2, -0.15) is 0 Å². The number of aliphatic hydroxyl groups is 8. The highest BCUT2D eigenvalue weighted by Gasteiger charge is 2.51. The van der Waals surface area contributed by atoms with E-state index in [0.29, 0.717) is 6.42 Å². The molecule has 2 fully saturated rings. The normalized spacial score (nSPS) is 23.0. The van der Waals surface area contributed by atoms with Crippen LogP contribution in [0.15, 0.2) is 146 Å². The van der Waals surface area contributed by atoms with Gasteiger partial charge in [-0.25, -0.2) is 0 Å². The standard InChI is InChI=1S/C83H139NO13/c1-3-5-7-9-11-13-15-17-19-21-23-25-27-28-29-30-31-32-33-34-35-36-37-38-39-40-41-42-43-44-45-47-49-51-53-55-57-59-61-63-65-67-75(88)84-71(70-94-82-80(93)78(91)81(74(69-86)96-82)97-83-79(92)77(90)76(89)73(68-85)95-83)72(87)66-64-62-60-58-56-54-52-50-48-46-26-24-22-20-18-16-14-12-10-8-6-4-2/h5,7,11,13,17,19,23,25,28-29,31-32,34-35,37-38,40-41,43-44,47,49,64,66,71-74,76-83,85-87,89-93H,3-4,6,8-10,12,14-16,18,20-22,24,26-27,30,33,36,39,42,45-46,48,50-63,65,67-70H2,1-2H3,(H,84,88)/b7-5-,13-11-,19-17-,25-23-,29-28-,32-31-,35-34-,38-37-,41-40-,44-43-,49-47-,66-64+. The van der Waals surface area contributed by atoms with E-state index in [1.807, 2.05) is 6.08 Å². The Bertz CT molecular complexity index is 2190. The SMILES string of the molecule is CC/C=C\C/C=C\C/C=C\C/C=C\C/C=C\C/C=C\C/C=C\C/C=C\C/C=C\C/C=C\C/C=C\CCCCCCCCCC(=O)NC(COC1OC(CO)C(OC2OC(CO)C(O)C(O)C2O)C(O)C1O)C(O)/C=C/CCCCCCCCCCCCCCCCCCCCCC. The van der Waals surface area contributed by atoms with Crippen molar-refractivity contribution in [2.45, 2.75) is 351 Å². The smallest absolute Gasteiger partial charge is 0.220 e. The first-order valence-corrected chi connectivity index (χ1v) is 38.6. The molecule has 554 valence electrons. The second-order valence-electron chi connectivity index (χ2n) is 26.4. The zero-order valence-corrected chi connectivity index (χ0v) is 60.5. The summed E-state index contributed by atoms with van der Waals surface area (Å²) in [5, 5.41) is 87.6. The number of carbonyl (C=O) groups is 1. The van der Waals surface area contributed by atoms with Crippen molar-refractivity contribution >= 4 is 5.91 Å². The summed E-state index contributed by atoms with van der Waals surface area (Å²) in [6, 6.07) is -0.933. The molecule has 0 aromatic heterocycles. The summed E-state index contributed by atoms with van der Waals surface area (Å²) in [5.41, 5.74) is 0. The van der Waals surface area contributed by atoms with Gasteiger partial charge in [-0.05, 0) is 103 Å². The van der Waals surface area contributed by atoms with Crippen molar-refractivity contribution in [1.29, 1.82) is 0 Å². The molecule has 0 aromatic carbocycles. The minimum absolute atomic E-state index is 0.254. The van der Waals surface area contributed by atoms with Gasteiger partial charge in [0.25, 0.3) is 0 Å². The van der Waals surface area contributed by atoms with E-state index in [9.17, 15) is 45.6 Å². The van der Waals surface area contributed by atoms with E-state index >= 15 is 0 Å². The largest absolute Gasteiger partial charge is 0.394 e. The molecule has 14 heteroatoms. The van der Waals surface area contributed by atoms with Crippen molar-refractivity contribution in [3.05, 3.63) is 146 Å². The Hall–Kier alpha value is -4.13. The summed E-state index contributed by atoms with van der Waals surface area (Å²) in [5.74, 6) is -0.254. The Kier molecular flexibility index (Phi) is 59.8. The molecule has 12 atom stereocenters. The average molecular weight is 1360 g/mol. The third kappa shape index (κ3) is 48.4. The number of rotatable bonds is 62. The molecule has 0 spiro atoms. The second-order valence-corrected chi connectivity index (χ2v) is 26.4. The van der Waals surface area contributed by atoms with Gasteiger partial charge in [0.1, 0.15) is 48.8 Å². The maximum absolute atomic E-state index is 13.4. The molecule has 2 rings (SSSR count). The molecule has 12 unspecified atom stereocenters. The molecule has 9 N–H and O–H groups in total. The van der Waals surface area contributed by atoms with Crippen molar-refractivity contribution in [3.8, 4) is 0 Å². The van der Waals surface area contributed by atoms with Crippen LogP contribution in [0.3, 0.4) is 0 Å². The summed E-state index contributed by atoms with van der Waals surface area (Å²) in [4.78, 5) is 13.4. The monoisotopic (exact) mass is 1360 g/mol. The number of unbranched alkanes of at least 4 members (excludes halogenated alkanes) is 27. The van der Waals surface area contributed by atoms with Gasteiger partial charge in [-0.15, -0.1) is 0 Å². The molecule has 97 heavy (non-hydrogen) atoms. The fourth-order valence-corrected chi connectivity index (χ4v) is 11.7. The van der Waals surface area contributed by atoms with Crippen molar-refractivity contribution < 1.29 is 64.6 Å². The van der Waals surface area contributed by atoms with E-state index in [0.717, 1.165) is 135 Å². The Labute approximate surface area is 589 Å². The summed E-state index contributed by atoms with van der Waals surface area (Å²) in [6.45, 7) is 2.69. The van der Waals surface area contributed by atoms with E-state index in [1.165, 1.54) is 116 Å². The van der Waals surface area contributed by atoms with E-state index < -0.39 is 86.8 Å². The molecule has 2 aliphatic rings. The van der Waals surface area contributed by atoms with Crippen molar-refractivity contribution in [3.63, 3.8) is 0 Å². The summed E-state index contributed by atoms with van der Waals surface area (Å²) < 4.78 is 22.9. The maximum Gasteiger partial charge on any atom is 0.220 e. The summed E-state index contributed by atoms with van der Waals surface area (Å²) in [6.07, 6.45) is 81.9. The van der Waals surface area contributed by atoms with Crippen molar-refractivity contribution in [2.24, 2.45) is 0 Å². The van der Waals surface area contributed by atoms with Gasteiger partial charge in [-0.1, -0.05) is 314 Å². The first kappa shape index (κ1) is 89.0. The first-order valence-electron chi connectivity index (χ1n) is 38.6. The van der Waals surface area contributed by atoms with E-state index in [4.69, 9.17) is 18.9 Å². The quantitative estimate of drug-likeness (QED) is 0.0204. The molecule has 14 nitrogen and oxygen atoms in total. The third-order valence-electron chi connectivity index (χ3n) is 17.8. The van der Waals surface area contributed by atoms with Gasteiger partial charge in [0.15, 0.2) is 12.6 Å². The minimum Gasteiger partial charge on any atom is -0.394 e. The molecule has 0 aliphatic carbocycles. The third-order valence-corrected chi connectivity index (χ3v) is 17.8. The maximum atomic E-state index is 13.4. The minimum atomic E-state index is -1.80. The number of amides is 1. The number of hydrogen-bond acceptors (Lipinski definition) is 13. The van der Waals surface area contributed by atoms with Crippen LogP contribution in [0, 0.1) is 0 Å². The lowest BCUT2D eigenvalue weighted by atomic mass is 9.97. The number of aliphatic hydroxyl groups excluding tert-OH is 8. The Morgan fingerprint density at radius 3 is 1.09 bits per heavy atom. The zero-order chi connectivity index (χ0) is 70.1. The molecule has 0 bridgehead atoms. The molecule has 1 amide bonds. The average Bonchev–Trinajstić information content (AvgIpc) is 0.794. The highest BCUT2D eigenvalue weighted by atomic mass is 16.7. The Morgan fingerprint density at radius 2 is 0.711 bits per heavy atom. The molecular weight excluding hydrogens is 1220 g/mol. The zero-order valence-electron chi connectivity index (χ0n) is 60.5. The fourth-order valence-electron chi connectivity index (χ4n) is 11.7. The first-order chi connectivity index (χ1) is 47.6. The van der Waals surface area contributed by atoms with Gasteiger partial charge in [0.05, 0.1) is 32.0 Å². The Balaban J connectivity index is 1.64.